The first-order chi connectivity index (χ1) is 14.8. The molecule has 0 spiro atoms. The van der Waals surface area contributed by atoms with E-state index in [4.69, 9.17) is 4.74 Å². The number of rotatable bonds is 8. The molecule has 1 aliphatic carbocycles. The molecule has 0 bridgehead atoms. The van der Waals surface area contributed by atoms with Gasteiger partial charge in [0.15, 0.2) is 0 Å². The number of hydrogen-bond acceptors (Lipinski definition) is 4. The van der Waals surface area contributed by atoms with Crippen LogP contribution in [0.1, 0.15) is 50.6 Å². The van der Waals surface area contributed by atoms with Crippen molar-refractivity contribution in [2.45, 2.75) is 56.0 Å². The van der Waals surface area contributed by atoms with Crippen LogP contribution in [0.25, 0.3) is 0 Å². The Labute approximate surface area is 183 Å². The van der Waals surface area contributed by atoms with Crippen molar-refractivity contribution >= 4 is 15.9 Å². The molecule has 0 heterocycles. The molecule has 3 rings (SSSR count). The zero-order valence-electron chi connectivity index (χ0n) is 17.9. The van der Waals surface area contributed by atoms with Gasteiger partial charge in [-0.15, -0.1) is 0 Å². The molecule has 6 nitrogen and oxygen atoms in total. The third kappa shape index (κ3) is 5.83. The van der Waals surface area contributed by atoms with Crippen molar-refractivity contribution in [3.63, 3.8) is 0 Å². The summed E-state index contributed by atoms with van der Waals surface area (Å²) in [6.07, 6.45) is 4.32. The van der Waals surface area contributed by atoms with Crippen LogP contribution in [0.4, 0.5) is 4.39 Å². The topological polar surface area (TPSA) is 75.7 Å². The Bertz CT molecular complexity index is 972. The molecule has 0 radical (unpaired) electrons. The summed E-state index contributed by atoms with van der Waals surface area (Å²) in [5, 5.41) is 2.89. The van der Waals surface area contributed by atoms with E-state index in [1.54, 1.807) is 7.11 Å². The van der Waals surface area contributed by atoms with Gasteiger partial charge in [0.1, 0.15) is 11.6 Å². The van der Waals surface area contributed by atoms with Crippen molar-refractivity contribution in [1.82, 2.24) is 9.62 Å². The molecule has 2 aromatic carbocycles. The first-order valence-corrected chi connectivity index (χ1v) is 12.0. The van der Waals surface area contributed by atoms with Crippen molar-refractivity contribution in [2.75, 3.05) is 13.7 Å². The lowest BCUT2D eigenvalue weighted by Gasteiger charge is -2.33. The van der Waals surface area contributed by atoms with E-state index in [1.807, 2.05) is 31.2 Å². The number of amides is 1. The number of ether oxygens (including phenoxy) is 1. The van der Waals surface area contributed by atoms with Crippen LogP contribution < -0.4 is 10.1 Å². The summed E-state index contributed by atoms with van der Waals surface area (Å²) in [5.74, 6) is -0.162. The van der Waals surface area contributed by atoms with Gasteiger partial charge in [-0.3, -0.25) is 4.79 Å². The van der Waals surface area contributed by atoms with Crippen molar-refractivity contribution in [2.24, 2.45) is 0 Å². The smallest absolute Gasteiger partial charge is 0.243 e. The van der Waals surface area contributed by atoms with E-state index in [9.17, 15) is 17.6 Å². The van der Waals surface area contributed by atoms with E-state index in [0.717, 1.165) is 42.7 Å². The average Bonchev–Trinajstić information content (AvgIpc) is 2.78. The fourth-order valence-electron chi connectivity index (χ4n) is 3.93. The van der Waals surface area contributed by atoms with Gasteiger partial charge in [0, 0.05) is 6.04 Å². The largest absolute Gasteiger partial charge is 0.497 e. The maximum absolute atomic E-state index is 13.3. The number of nitrogens with zero attached hydrogens (tertiary/aromatic N) is 1. The number of halogens is 1. The van der Waals surface area contributed by atoms with E-state index in [0.29, 0.717) is 12.8 Å². The quantitative estimate of drug-likeness (QED) is 0.661. The third-order valence-corrected chi connectivity index (χ3v) is 7.61. The molecule has 1 saturated carbocycles. The van der Waals surface area contributed by atoms with Crippen molar-refractivity contribution < 1.29 is 22.3 Å². The van der Waals surface area contributed by atoms with Gasteiger partial charge in [-0.1, -0.05) is 31.4 Å². The highest BCUT2D eigenvalue weighted by atomic mass is 32.2. The van der Waals surface area contributed by atoms with Gasteiger partial charge in [-0.25, -0.2) is 12.8 Å². The molecule has 1 fully saturated rings. The number of hydrogen-bond donors (Lipinski definition) is 1. The van der Waals surface area contributed by atoms with Crippen molar-refractivity contribution in [3.8, 4) is 5.75 Å². The van der Waals surface area contributed by atoms with Crippen LogP contribution in [0.3, 0.4) is 0 Å². The lowest BCUT2D eigenvalue weighted by atomic mass is 9.95. The predicted octanol–water partition coefficient (Wildman–Crippen LogP) is 4.04. The molecule has 1 amide bonds. The molecule has 1 N–H and O–H groups in total. The number of methoxy groups -OCH3 is 1. The monoisotopic (exact) mass is 448 g/mol. The maximum Gasteiger partial charge on any atom is 0.243 e. The van der Waals surface area contributed by atoms with Gasteiger partial charge in [-0.2, -0.15) is 4.31 Å². The van der Waals surface area contributed by atoms with Crippen molar-refractivity contribution in [1.29, 1.82) is 0 Å². The molecule has 0 aliphatic heterocycles. The highest BCUT2D eigenvalue weighted by Gasteiger charge is 2.34. The molecule has 31 heavy (non-hydrogen) atoms. The molecular weight excluding hydrogens is 419 g/mol. The van der Waals surface area contributed by atoms with Gasteiger partial charge < -0.3 is 10.1 Å². The summed E-state index contributed by atoms with van der Waals surface area (Å²) in [6.45, 7) is 1.57. The van der Waals surface area contributed by atoms with Crippen LogP contribution >= 0.6 is 0 Å². The standard InChI is InChI=1S/C23H29FN2O4S/c1-17(18-8-12-21(30-2)13-9-18)25-23(27)16-26(20-6-4-3-5-7-20)31(28,29)22-14-10-19(24)11-15-22/h8-15,17,20H,3-7,16H2,1-2H3,(H,25,27)/t17-/m1/s1. The summed E-state index contributed by atoms with van der Waals surface area (Å²) in [4.78, 5) is 12.8. The fraction of sp³-hybridized carbons (Fsp3) is 0.435. The molecular formula is C23H29FN2O4S. The maximum atomic E-state index is 13.3. The van der Waals surface area contributed by atoms with Crippen LogP contribution in [0, 0.1) is 5.82 Å². The van der Waals surface area contributed by atoms with E-state index in [-0.39, 0.29) is 29.4 Å². The molecule has 1 aliphatic rings. The van der Waals surface area contributed by atoms with Gasteiger partial charge in [0.2, 0.25) is 15.9 Å². The second-order valence-corrected chi connectivity index (χ2v) is 9.75. The van der Waals surface area contributed by atoms with Crippen LogP contribution in [-0.4, -0.2) is 38.3 Å². The molecule has 2 aromatic rings. The van der Waals surface area contributed by atoms with E-state index >= 15 is 0 Å². The van der Waals surface area contributed by atoms with Crippen LogP contribution in [-0.2, 0) is 14.8 Å². The Kier molecular flexibility index (Phi) is 7.67. The first-order valence-electron chi connectivity index (χ1n) is 10.5. The van der Waals surface area contributed by atoms with Gasteiger partial charge in [0.05, 0.1) is 24.6 Å². The minimum atomic E-state index is -3.93. The number of carbonyl (C=O) groups excluding carboxylic acids is 1. The summed E-state index contributed by atoms with van der Waals surface area (Å²) in [6, 6.07) is 11.5. The SMILES string of the molecule is COc1ccc([C@@H](C)NC(=O)CN(C2CCCCC2)S(=O)(=O)c2ccc(F)cc2)cc1. The van der Waals surface area contributed by atoms with Gasteiger partial charge in [-0.05, 0) is 61.7 Å². The fourth-order valence-corrected chi connectivity index (χ4v) is 5.57. The molecule has 8 heteroatoms. The van der Waals surface area contributed by atoms with E-state index in [2.05, 4.69) is 5.32 Å². The van der Waals surface area contributed by atoms with E-state index < -0.39 is 15.8 Å². The Morgan fingerprint density at radius 2 is 1.71 bits per heavy atom. The van der Waals surface area contributed by atoms with Crippen LogP contribution in [0.2, 0.25) is 0 Å². The third-order valence-electron chi connectivity index (χ3n) is 5.69. The Morgan fingerprint density at radius 1 is 1.10 bits per heavy atom. The molecule has 1 atom stereocenters. The molecule has 168 valence electrons. The number of carbonyl (C=O) groups is 1. The molecule has 0 saturated heterocycles. The lowest BCUT2D eigenvalue weighted by molar-refractivity contribution is -0.122. The van der Waals surface area contributed by atoms with Crippen LogP contribution in [0.15, 0.2) is 53.4 Å². The Hall–Kier alpha value is -2.45. The zero-order chi connectivity index (χ0) is 22.4. The summed E-state index contributed by atoms with van der Waals surface area (Å²) in [7, 11) is -2.35. The van der Waals surface area contributed by atoms with Crippen LogP contribution in [0.5, 0.6) is 5.75 Å². The summed E-state index contributed by atoms with van der Waals surface area (Å²) in [5.41, 5.74) is 0.889. The van der Waals surface area contributed by atoms with Crippen molar-refractivity contribution in [3.05, 3.63) is 59.9 Å². The number of benzene rings is 2. The molecule has 0 unspecified atom stereocenters. The summed E-state index contributed by atoms with van der Waals surface area (Å²) < 4.78 is 46.4. The second-order valence-electron chi connectivity index (χ2n) is 7.86. The Balaban J connectivity index is 1.77. The Morgan fingerprint density at radius 3 is 2.29 bits per heavy atom. The van der Waals surface area contributed by atoms with E-state index in [1.165, 1.54) is 16.4 Å². The van der Waals surface area contributed by atoms with Gasteiger partial charge >= 0.3 is 0 Å². The zero-order valence-corrected chi connectivity index (χ0v) is 18.7. The highest BCUT2D eigenvalue weighted by Crippen LogP contribution is 2.28. The number of sulfonamides is 1. The second kappa shape index (κ2) is 10.2. The normalized spacial score (nSPS) is 16.1. The lowest BCUT2D eigenvalue weighted by Crippen LogP contribution is -2.47. The summed E-state index contributed by atoms with van der Waals surface area (Å²) >= 11 is 0. The predicted molar refractivity (Wildman–Crippen MR) is 117 cm³/mol. The highest BCUT2D eigenvalue weighted by molar-refractivity contribution is 7.89. The minimum Gasteiger partial charge on any atom is -0.497 e. The number of nitrogens with one attached hydrogen (secondary N) is 1. The first kappa shape index (κ1) is 23.2. The van der Waals surface area contributed by atoms with Gasteiger partial charge in [0.25, 0.3) is 0 Å². The molecule has 0 aromatic heterocycles. The minimum absolute atomic E-state index is 0.00419. The average molecular weight is 449 g/mol.